The van der Waals surface area contributed by atoms with Crippen LogP contribution in [0.4, 0.5) is 5.69 Å². The predicted molar refractivity (Wildman–Crippen MR) is 135 cm³/mol. The second kappa shape index (κ2) is 9.56. The van der Waals surface area contributed by atoms with Crippen molar-refractivity contribution in [1.82, 2.24) is 19.7 Å². The summed E-state index contributed by atoms with van der Waals surface area (Å²) in [5.41, 5.74) is 5.25. The Labute approximate surface area is 200 Å². The van der Waals surface area contributed by atoms with Crippen LogP contribution in [0.2, 0.25) is 0 Å². The molecular weight excluding hydrogens is 426 g/mol. The Kier molecular flexibility index (Phi) is 6.16. The van der Waals surface area contributed by atoms with Gasteiger partial charge in [0.1, 0.15) is 0 Å². The molecule has 2 aliphatic heterocycles. The van der Waals surface area contributed by atoms with Gasteiger partial charge in [-0.3, -0.25) is 19.7 Å². The van der Waals surface area contributed by atoms with Crippen molar-refractivity contribution < 1.29 is 4.42 Å². The Balaban J connectivity index is 0.989. The quantitative estimate of drug-likeness (QED) is 0.609. The Hall–Kier alpha value is -2.61. The molecule has 1 aliphatic carbocycles. The number of hydrogen-bond acceptors (Lipinski definition) is 6. The zero-order valence-electron chi connectivity index (χ0n) is 19.9. The fraction of sp³-hybridized carbons (Fsp3) is 0.519. The monoisotopic (exact) mass is 461 g/mol. The summed E-state index contributed by atoms with van der Waals surface area (Å²) in [5, 5.41) is 0. The molecule has 2 aromatic carbocycles. The first kappa shape index (κ1) is 21.9. The zero-order valence-corrected chi connectivity index (χ0v) is 19.9. The number of benzene rings is 2. The largest absolute Gasteiger partial charge is 0.417 e. The molecule has 180 valence electrons. The number of oxazole rings is 1. The highest BCUT2D eigenvalue weighted by atomic mass is 16.4. The van der Waals surface area contributed by atoms with Crippen molar-refractivity contribution in [3.05, 3.63) is 64.1 Å². The van der Waals surface area contributed by atoms with Crippen molar-refractivity contribution in [2.75, 3.05) is 57.3 Å². The summed E-state index contributed by atoms with van der Waals surface area (Å²) in [6.45, 7) is 10.8. The molecule has 3 heterocycles. The second-order valence-corrected chi connectivity index (χ2v) is 10.1. The molecule has 1 N–H and O–H groups in total. The predicted octanol–water partition coefficient (Wildman–Crippen LogP) is 3.11. The normalized spacial score (nSPS) is 21.2. The third-order valence-electron chi connectivity index (χ3n) is 7.97. The maximum Gasteiger partial charge on any atom is 0.417 e. The average molecular weight is 462 g/mol. The number of piperazine rings is 2. The molecule has 34 heavy (non-hydrogen) atoms. The van der Waals surface area contributed by atoms with E-state index in [-0.39, 0.29) is 5.76 Å². The fourth-order valence-electron chi connectivity index (χ4n) is 5.66. The van der Waals surface area contributed by atoms with Crippen LogP contribution in [0.5, 0.6) is 0 Å². The fourth-order valence-corrected chi connectivity index (χ4v) is 5.66. The molecule has 2 saturated heterocycles. The van der Waals surface area contributed by atoms with Gasteiger partial charge in [0.25, 0.3) is 0 Å². The van der Waals surface area contributed by atoms with Gasteiger partial charge in [-0.05, 0) is 36.1 Å². The summed E-state index contributed by atoms with van der Waals surface area (Å²) in [4.78, 5) is 24.5. The van der Waals surface area contributed by atoms with E-state index >= 15 is 0 Å². The van der Waals surface area contributed by atoms with Crippen molar-refractivity contribution in [2.45, 2.75) is 38.4 Å². The number of aromatic amines is 1. The van der Waals surface area contributed by atoms with Gasteiger partial charge in [-0.15, -0.1) is 0 Å². The minimum atomic E-state index is -0.388. The minimum Gasteiger partial charge on any atom is -0.406 e. The number of fused-ring (bicyclic) bond motifs is 1. The molecule has 0 atom stereocenters. The number of rotatable bonds is 6. The molecule has 0 amide bonds. The Morgan fingerprint density at radius 1 is 0.794 bits per heavy atom. The SMILES string of the molecule is O=c1[nH]c2cccc(N3CCN(Cc4ccc(CN5CCN(C6CCC6)CC5)cc4)CC3)c2o1. The molecule has 0 bridgehead atoms. The van der Waals surface area contributed by atoms with Gasteiger partial charge in [0, 0.05) is 71.5 Å². The van der Waals surface area contributed by atoms with Gasteiger partial charge in [-0.1, -0.05) is 36.8 Å². The smallest absolute Gasteiger partial charge is 0.406 e. The first-order chi connectivity index (χ1) is 16.7. The van der Waals surface area contributed by atoms with E-state index in [1.54, 1.807) is 0 Å². The van der Waals surface area contributed by atoms with Crippen LogP contribution >= 0.6 is 0 Å². The number of aromatic nitrogens is 1. The topological polar surface area (TPSA) is 59.0 Å². The highest BCUT2D eigenvalue weighted by Gasteiger charge is 2.27. The summed E-state index contributed by atoms with van der Waals surface area (Å²) < 4.78 is 5.39. The molecule has 1 saturated carbocycles. The van der Waals surface area contributed by atoms with Crippen LogP contribution in [0.25, 0.3) is 11.1 Å². The lowest BCUT2D eigenvalue weighted by molar-refractivity contribution is 0.0587. The molecule has 6 rings (SSSR count). The maximum absolute atomic E-state index is 11.6. The third-order valence-corrected chi connectivity index (χ3v) is 7.97. The van der Waals surface area contributed by atoms with E-state index in [0.717, 1.165) is 56.5 Å². The van der Waals surface area contributed by atoms with Gasteiger partial charge < -0.3 is 9.32 Å². The van der Waals surface area contributed by atoms with Crippen LogP contribution in [0.15, 0.2) is 51.7 Å². The molecule has 7 nitrogen and oxygen atoms in total. The molecule has 1 aromatic heterocycles. The molecule has 0 unspecified atom stereocenters. The van der Waals surface area contributed by atoms with E-state index in [4.69, 9.17) is 4.42 Å². The van der Waals surface area contributed by atoms with Gasteiger partial charge in [-0.25, -0.2) is 4.79 Å². The van der Waals surface area contributed by atoms with Crippen molar-refractivity contribution in [3.8, 4) is 0 Å². The number of hydrogen-bond donors (Lipinski definition) is 1. The molecule has 3 aromatic rings. The zero-order chi connectivity index (χ0) is 22.9. The third kappa shape index (κ3) is 4.65. The summed E-state index contributed by atoms with van der Waals surface area (Å²) >= 11 is 0. The lowest BCUT2D eigenvalue weighted by atomic mass is 9.91. The van der Waals surface area contributed by atoms with Crippen molar-refractivity contribution in [2.24, 2.45) is 0 Å². The van der Waals surface area contributed by atoms with Gasteiger partial charge in [0.2, 0.25) is 0 Å². The van der Waals surface area contributed by atoms with Crippen molar-refractivity contribution in [1.29, 1.82) is 0 Å². The highest BCUT2D eigenvalue weighted by Crippen LogP contribution is 2.27. The second-order valence-electron chi connectivity index (χ2n) is 10.1. The van der Waals surface area contributed by atoms with E-state index in [9.17, 15) is 4.79 Å². The van der Waals surface area contributed by atoms with Gasteiger partial charge in [0.05, 0.1) is 11.2 Å². The van der Waals surface area contributed by atoms with Crippen LogP contribution in [0, 0.1) is 0 Å². The van der Waals surface area contributed by atoms with Crippen molar-refractivity contribution >= 4 is 16.8 Å². The molecule has 7 heteroatoms. The van der Waals surface area contributed by atoms with Crippen LogP contribution in [-0.2, 0) is 13.1 Å². The molecule has 3 aliphatic rings. The number of H-pyrrole nitrogens is 1. The Morgan fingerprint density at radius 3 is 2.00 bits per heavy atom. The Morgan fingerprint density at radius 2 is 1.41 bits per heavy atom. The van der Waals surface area contributed by atoms with Crippen molar-refractivity contribution in [3.63, 3.8) is 0 Å². The van der Waals surface area contributed by atoms with E-state index < -0.39 is 0 Å². The lowest BCUT2D eigenvalue weighted by Crippen LogP contribution is -2.51. The van der Waals surface area contributed by atoms with Crippen LogP contribution < -0.4 is 10.7 Å². The molecule has 3 fully saturated rings. The number of nitrogens with one attached hydrogen (secondary N) is 1. The Bertz CT molecular complexity index is 1150. The van der Waals surface area contributed by atoms with E-state index in [0.29, 0.717) is 5.58 Å². The van der Waals surface area contributed by atoms with Crippen LogP contribution in [0.1, 0.15) is 30.4 Å². The van der Waals surface area contributed by atoms with Gasteiger partial charge in [0.15, 0.2) is 5.58 Å². The average Bonchev–Trinajstić information content (AvgIpc) is 3.21. The first-order valence-electron chi connectivity index (χ1n) is 12.8. The summed E-state index contributed by atoms with van der Waals surface area (Å²) in [6.07, 6.45) is 4.26. The van der Waals surface area contributed by atoms with E-state index in [2.05, 4.69) is 48.8 Å². The molecule has 0 radical (unpaired) electrons. The summed E-state index contributed by atoms with van der Waals surface area (Å²) in [7, 11) is 0. The number of nitrogens with zero attached hydrogens (tertiary/aromatic N) is 4. The van der Waals surface area contributed by atoms with Gasteiger partial charge >= 0.3 is 5.76 Å². The van der Waals surface area contributed by atoms with E-state index in [1.165, 1.54) is 56.6 Å². The van der Waals surface area contributed by atoms with Crippen LogP contribution in [-0.4, -0.2) is 78.1 Å². The number of anilines is 1. The van der Waals surface area contributed by atoms with Crippen LogP contribution in [0.3, 0.4) is 0 Å². The summed E-state index contributed by atoms with van der Waals surface area (Å²) in [5.74, 6) is -0.388. The standard InChI is InChI=1S/C27H35N5O2/c33-27-28-24-5-2-6-25(26(24)34-27)32-17-13-30(14-18-32)20-22-9-7-21(8-10-22)19-29-11-15-31(16-12-29)23-3-1-4-23/h2,5-10,23H,1,3-4,11-20H2,(H,28,33). The maximum atomic E-state index is 11.6. The molecule has 0 spiro atoms. The minimum absolute atomic E-state index is 0.388. The van der Waals surface area contributed by atoms with E-state index in [1.807, 2.05) is 18.2 Å². The highest BCUT2D eigenvalue weighted by molar-refractivity contribution is 5.86. The van der Waals surface area contributed by atoms with Gasteiger partial charge in [-0.2, -0.15) is 0 Å². The molecular formula is C27H35N5O2. The lowest BCUT2D eigenvalue weighted by Gasteiger charge is -2.43. The number of para-hydroxylation sites is 1. The first-order valence-corrected chi connectivity index (χ1v) is 12.8. The summed E-state index contributed by atoms with van der Waals surface area (Å²) in [6, 6.07) is 16.0.